The standard InChI is InChI=1S/C26H27F3N4O2/c1-16-5-2-8-19(25(34)33-10-4-9-21(33)26(27,28)29)22(16)18-7-3-6-17-15-20(24(30)31-23(17)18)32-11-13-35-14-12-32/h2-3,5-8,15,21H,4,9-14H2,1H3,(H2,30,31). The summed E-state index contributed by atoms with van der Waals surface area (Å²) in [6, 6.07) is 11.0. The van der Waals surface area contributed by atoms with Crippen LogP contribution in [0.15, 0.2) is 42.5 Å². The van der Waals surface area contributed by atoms with E-state index in [1.165, 1.54) is 0 Å². The van der Waals surface area contributed by atoms with E-state index >= 15 is 0 Å². The lowest BCUT2D eigenvalue weighted by Gasteiger charge is -2.30. The van der Waals surface area contributed by atoms with Gasteiger partial charge < -0.3 is 20.3 Å². The highest BCUT2D eigenvalue weighted by atomic mass is 19.4. The molecule has 6 nitrogen and oxygen atoms in total. The average molecular weight is 485 g/mol. The molecule has 1 unspecified atom stereocenters. The van der Waals surface area contributed by atoms with Crippen LogP contribution >= 0.6 is 0 Å². The van der Waals surface area contributed by atoms with Crippen LogP contribution in [0.4, 0.5) is 24.7 Å². The number of nitrogens with zero attached hydrogens (tertiary/aromatic N) is 3. The minimum absolute atomic E-state index is 0.0763. The van der Waals surface area contributed by atoms with Crippen LogP contribution in [-0.4, -0.2) is 60.9 Å². The summed E-state index contributed by atoms with van der Waals surface area (Å²) in [5, 5.41) is 0.842. The van der Waals surface area contributed by atoms with E-state index in [0.29, 0.717) is 55.2 Å². The van der Waals surface area contributed by atoms with Crippen LogP contribution in [0.25, 0.3) is 22.0 Å². The van der Waals surface area contributed by atoms with E-state index in [4.69, 9.17) is 15.5 Å². The number of carbonyl (C=O) groups is 1. The van der Waals surface area contributed by atoms with Gasteiger partial charge in [-0.25, -0.2) is 4.98 Å². The third-order valence-electron chi connectivity index (χ3n) is 6.87. The predicted molar refractivity (Wildman–Crippen MR) is 129 cm³/mol. The van der Waals surface area contributed by atoms with Crippen LogP contribution in [0, 0.1) is 6.92 Å². The lowest BCUT2D eigenvalue weighted by molar-refractivity contribution is -0.169. The maximum absolute atomic E-state index is 13.6. The zero-order valence-corrected chi connectivity index (χ0v) is 19.4. The lowest BCUT2D eigenvalue weighted by atomic mass is 9.92. The maximum Gasteiger partial charge on any atom is 0.408 e. The van der Waals surface area contributed by atoms with Gasteiger partial charge in [0.1, 0.15) is 11.9 Å². The Labute approximate surface area is 201 Å². The van der Waals surface area contributed by atoms with Crippen molar-refractivity contribution in [1.82, 2.24) is 9.88 Å². The predicted octanol–water partition coefficient (Wildman–Crippen LogP) is 4.80. The Morgan fingerprint density at radius 1 is 1.11 bits per heavy atom. The molecular weight excluding hydrogens is 457 g/mol. The van der Waals surface area contributed by atoms with Crippen molar-refractivity contribution in [3.63, 3.8) is 0 Å². The molecule has 1 atom stereocenters. The number of hydrogen-bond donors (Lipinski definition) is 1. The van der Waals surface area contributed by atoms with Crippen molar-refractivity contribution in [3.8, 4) is 11.1 Å². The summed E-state index contributed by atoms with van der Waals surface area (Å²) in [6.07, 6.45) is -4.21. The van der Waals surface area contributed by atoms with E-state index in [2.05, 4.69) is 4.90 Å². The molecule has 0 aliphatic carbocycles. The summed E-state index contributed by atoms with van der Waals surface area (Å²) >= 11 is 0. The van der Waals surface area contributed by atoms with Gasteiger partial charge in [-0.1, -0.05) is 30.3 Å². The first-order chi connectivity index (χ1) is 16.8. The molecule has 2 fully saturated rings. The van der Waals surface area contributed by atoms with E-state index in [0.717, 1.165) is 21.5 Å². The Morgan fingerprint density at radius 3 is 2.60 bits per heavy atom. The zero-order chi connectivity index (χ0) is 24.7. The van der Waals surface area contributed by atoms with Crippen molar-refractivity contribution in [2.45, 2.75) is 32.0 Å². The van der Waals surface area contributed by atoms with Crippen molar-refractivity contribution in [3.05, 3.63) is 53.6 Å². The number of morpholine rings is 1. The number of halogens is 3. The third-order valence-corrected chi connectivity index (χ3v) is 6.87. The molecular formula is C26H27F3N4O2. The highest BCUT2D eigenvalue weighted by Crippen LogP contribution is 2.38. The number of aryl methyl sites for hydroxylation is 1. The van der Waals surface area contributed by atoms with Gasteiger partial charge in [0, 0.05) is 36.1 Å². The first-order valence-electron chi connectivity index (χ1n) is 11.8. The largest absolute Gasteiger partial charge is 0.408 e. The Morgan fingerprint density at radius 2 is 1.86 bits per heavy atom. The number of nitrogens with two attached hydrogens (primary N) is 1. The number of fused-ring (bicyclic) bond motifs is 1. The minimum Gasteiger partial charge on any atom is -0.382 e. The average Bonchev–Trinajstić information content (AvgIpc) is 3.34. The molecule has 2 saturated heterocycles. The molecule has 2 aliphatic heterocycles. The lowest BCUT2D eigenvalue weighted by Crippen LogP contribution is -2.44. The first kappa shape index (κ1) is 23.4. The van der Waals surface area contributed by atoms with Gasteiger partial charge >= 0.3 is 6.18 Å². The number of para-hydroxylation sites is 1. The Kier molecular flexibility index (Phi) is 6.04. The summed E-state index contributed by atoms with van der Waals surface area (Å²) in [5.41, 5.74) is 10.1. The molecule has 2 aliphatic rings. The molecule has 184 valence electrons. The van der Waals surface area contributed by atoms with Gasteiger partial charge in [-0.3, -0.25) is 4.79 Å². The second-order valence-corrected chi connectivity index (χ2v) is 9.07. The number of aromatic nitrogens is 1. The van der Waals surface area contributed by atoms with Crippen molar-refractivity contribution < 1.29 is 22.7 Å². The van der Waals surface area contributed by atoms with Gasteiger partial charge in [-0.15, -0.1) is 0 Å². The van der Waals surface area contributed by atoms with Gasteiger partial charge in [0.05, 0.1) is 24.4 Å². The van der Waals surface area contributed by atoms with Crippen LogP contribution in [-0.2, 0) is 4.74 Å². The molecule has 2 N–H and O–H groups in total. The van der Waals surface area contributed by atoms with E-state index in [9.17, 15) is 18.0 Å². The summed E-state index contributed by atoms with van der Waals surface area (Å²) in [5.74, 6) is -0.247. The van der Waals surface area contributed by atoms with E-state index in [1.807, 2.05) is 37.3 Å². The van der Waals surface area contributed by atoms with Crippen molar-refractivity contribution >= 4 is 28.3 Å². The molecule has 3 aromatic rings. The number of ether oxygens (including phenoxy) is 1. The summed E-state index contributed by atoms with van der Waals surface area (Å²) in [7, 11) is 0. The number of pyridine rings is 1. The van der Waals surface area contributed by atoms with Crippen LogP contribution in [0.5, 0.6) is 0 Å². The number of likely N-dealkylation sites (tertiary alicyclic amines) is 1. The van der Waals surface area contributed by atoms with E-state index in [1.54, 1.807) is 12.1 Å². The summed E-state index contributed by atoms with van der Waals surface area (Å²) in [6.45, 7) is 4.58. The number of rotatable bonds is 3. The van der Waals surface area contributed by atoms with Gasteiger partial charge in [0.25, 0.3) is 5.91 Å². The smallest absolute Gasteiger partial charge is 0.382 e. The topological polar surface area (TPSA) is 71.7 Å². The molecule has 1 aromatic heterocycles. The fourth-order valence-electron chi connectivity index (χ4n) is 5.17. The summed E-state index contributed by atoms with van der Waals surface area (Å²) in [4.78, 5) is 21.3. The van der Waals surface area contributed by atoms with Gasteiger partial charge in [-0.05, 0) is 43.0 Å². The molecule has 35 heavy (non-hydrogen) atoms. The molecule has 0 saturated carbocycles. The van der Waals surface area contributed by atoms with Crippen LogP contribution in [0.2, 0.25) is 0 Å². The normalized spacial score (nSPS) is 18.9. The fraction of sp³-hybridized carbons (Fsp3) is 0.385. The van der Waals surface area contributed by atoms with Gasteiger partial charge in [0.15, 0.2) is 0 Å². The number of hydrogen-bond acceptors (Lipinski definition) is 5. The Hall–Kier alpha value is -3.33. The fourth-order valence-corrected chi connectivity index (χ4v) is 5.17. The number of amides is 1. The van der Waals surface area contributed by atoms with Gasteiger partial charge in [0.2, 0.25) is 0 Å². The number of anilines is 2. The van der Waals surface area contributed by atoms with Gasteiger partial charge in [-0.2, -0.15) is 13.2 Å². The molecule has 5 rings (SSSR count). The number of alkyl halides is 3. The first-order valence-corrected chi connectivity index (χ1v) is 11.8. The molecule has 0 radical (unpaired) electrons. The second-order valence-electron chi connectivity index (χ2n) is 9.07. The van der Waals surface area contributed by atoms with E-state index in [-0.39, 0.29) is 18.5 Å². The quantitative estimate of drug-likeness (QED) is 0.579. The molecule has 1 amide bonds. The van der Waals surface area contributed by atoms with Crippen molar-refractivity contribution in [2.24, 2.45) is 0 Å². The van der Waals surface area contributed by atoms with Crippen molar-refractivity contribution in [2.75, 3.05) is 43.5 Å². The van der Waals surface area contributed by atoms with Crippen LogP contribution < -0.4 is 10.6 Å². The summed E-state index contributed by atoms with van der Waals surface area (Å²) < 4.78 is 46.2. The third kappa shape index (κ3) is 4.29. The minimum atomic E-state index is -4.46. The molecule has 0 bridgehead atoms. The molecule has 3 heterocycles. The highest BCUT2D eigenvalue weighted by Gasteiger charge is 2.48. The van der Waals surface area contributed by atoms with Crippen LogP contribution in [0.1, 0.15) is 28.8 Å². The SMILES string of the molecule is Cc1cccc(C(=O)N2CCCC2C(F)(F)F)c1-c1cccc2cc(N3CCOCC3)c(N)nc12. The molecule has 0 spiro atoms. The number of benzene rings is 2. The number of carbonyl (C=O) groups excluding carboxylic acids is 1. The second kappa shape index (κ2) is 9.03. The number of nitrogen functional groups attached to an aromatic ring is 1. The molecule has 2 aromatic carbocycles. The Bertz CT molecular complexity index is 1270. The highest BCUT2D eigenvalue weighted by molar-refractivity contribution is 6.06. The van der Waals surface area contributed by atoms with Crippen molar-refractivity contribution in [1.29, 1.82) is 0 Å². The Balaban J connectivity index is 1.61. The maximum atomic E-state index is 13.6. The zero-order valence-electron chi connectivity index (χ0n) is 19.4. The monoisotopic (exact) mass is 484 g/mol. The van der Waals surface area contributed by atoms with E-state index < -0.39 is 18.1 Å². The molecule has 9 heteroatoms. The van der Waals surface area contributed by atoms with Crippen LogP contribution in [0.3, 0.4) is 0 Å².